The molecule has 1 atom stereocenters. The van der Waals surface area contributed by atoms with Gasteiger partial charge in [-0.1, -0.05) is 6.07 Å². The van der Waals surface area contributed by atoms with Crippen molar-refractivity contribution in [2.75, 3.05) is 25.9 Å². The molecular formula is C15H24N4O3S. The molecule has 1 aromatic heterocycles. The molecule has 0 radical (unpaired) electrons. The van der Waals surface area contributed by atoms with Crippen LogP contribution >= 0.6 is 0 Å². The number of urea groups is 1. The quantitative estimate of drug-likeness (QED) is 0.799. The van der Waals surface area contributed by atoms with E-state index in [1.165, 1.54) is 0 Å². The van der Waals surface area contributed by atoms with E-state index in [0.717, 1.165) is 31.2 Å². The van der Waals surface area contributed by atoms with Gasteiger partial charge in [0.2, 0.25) is 10.0 Å². The molecule has 1 aliphatic heterocycles. The highest BCUT2D eigenvalue weighted by molar-refractivity contribution is 7.88. The predicted molar refractivity (Wildman–Crippen MR) is 88.5 cm³/mol. The molecule has 128 valence electrons. The summed E-state index contributed by atoms with van der Waals surface area (Å²) in [5.74, 6) is 0. The number of aromatic nitrogens is 1. The highest BCUT2D eigenvalue weighted by atomic mass is 32.2. The van der Waals surface area contributed by atoms with Crippen LogP contribution in [0.1, 0.15) is 25.0 Å². The monoisotopic (exact) mass is 340 g/mol. The summed E-state index contributed by atoms with van der Waals surface area (Å²) in [6.45, 7) is 1.44. The van der Waals surface area contributed by atoms with E-state index in [1.54, 1.807) is 11.1 Å². The molecule has 8 heteroatoms. The van der Waals surface area contributed by atoms with Gasteiger partial charge in [0.1, 0.15) is 0 Å². The van der Waals surface area contributed by atoms with Crippen LogP contribution in [-0.4, -0.2) is 56.3 Å². The number of nitrogens with zero attached hydrogens (tertiary/aromatic N) is 2. The number of amides is 2. The maximum atomic E-state index is 12.3. The number of nitrogens with one attached hydrogen (secondary N) is 2. The predicted octanol–water partition coefficient (Wildman–Crippen LogP) is 0.737. The summed E-state index contributed by atoms with van der Waals surface area (Å²) in [4.78, 5) is 18.3. The first-order chi connectivity index (χ1) is 11.0. The van der Waals surface area contributed by atoms with Crippen molar-refractivity contribution in [2.45, 2.75) is 31.7 Å². The van der Waals surface area contributed by atoms with Gasteiger partial charge in [0.25, 0.3) is 0 Å². The van der Waals surface area contributed by atoms with Crippen LogP contribution < -0.4 is 10.0 Å². The molecule has 2 heterocycles. The minimum absolute atomic E-state index is 0.0895. The Bertz CT molecular complexity index is 606. The number of carbonyl (C=O) groups is 1. The molecule has 0 aliphatic carbocycles. The zero-order valence-electron chi connectivity index (χ0n) is 13.4. The maximum absolute atomic E-state index is 12.3. The van der Waals surface area contributed by atoms with Crippen molar-refractivity contribution in [2.24, 2.45) is 0 Å². The lowest BCUT2D eigenvalue weighted by molar-refractivity contribution is 0.152. The molecule has 2 N–H and O–H groups in total. The second kappa shape index (κ2) is 8.26. The van der Waals surface area contributed by atoms with Crippen LogP contribution in [0, 0.1) is 0 Å². The Morgan fingerprint density at radius 3 is 2.91 bits per heavy atom. The molecule has 0 saturated carbocycles. The lowest BCUT2D eigenvalue weighted by Gasteiger charge is -2.35. The summed E-state index contributed by atoms with van der Waals surface area (Å²) in [6.07, 6.45) is 6.31. The average Bonchev–Trinajstić information content (AvgIpc) is 2.53. The van der Waals surface area contributed by atoms with Crippen LogP contribution in [0.4, 0.5) is 4.79 Å². The SMILES string of the molecule is CS(=O)(=O)NC[C@H]1CCCCN1C(=O)NCCc1ccccn1. The highest BCUT2D eigenvalue weighted by Gasteiger charge is 2.26. The van der Waals surface area contributed by atoms with Gasteiger partial charge in [-0.25, -0.2) is 17.9 Å². The number of likely N-dealkylation sites (tertiary alicyclic amines) is 1. The topological polar surface area (TPSA) is 91.4 Å². The van der Waals surface area contributed by atoms with E-state index in [1.807, 2.05) is 18.2 Å². The fraction of sp³-hybridized carbons (Fsp3) is 0.600. The molecule has 2 rings (SSSR count). The molecule has 0 spiro atoms. The Morgan fingerprint density at radius 1 is 1.39 bits per heavy atom. The minimum Gasteiger partial charge on any atom is -0.338 e. The van der Waals surface area contributed by atoms with E-state index in [9.17, 15) is 13.2 Å². The van der Waals surface area contributed by atoms with Crippen LogP contribution in [0.5, 0.6) is 0 Å². The summed E-state index contributed by atoms with van der Waals surface area (Å²) >= 11 is 0. The molecule has 0 unspecified atom stereocenters. The Kier molecular flexibility index (Phi) is 6.35. The molecular weight excluding hydrogens is 316 g/mol. The zero-order chi connectivity index (χ0) is 16.7. The number of pyridine rings is 1. The van der Waals surface area contributed by atoms with Gasteiger partial charge in [0.15, 0.2) is 0 Å². The van der Waals surface area contributed by atoms with Crippen LogP contribution in [-0.2, 0) is 16.4 Å². The summed E-state index contributed by atoms with van der Waals surface area (Å²) in [7, 11) is -3.24. The number of hydrogen-bond acceptors (Lipinski definition) is 4. The largest absolute Gasteiger partial charge is 0.338 e. The Hall–Kier alpha value is -1.67. The van der Waals surface area contributed by atoms with Crippen molar-refractivity contribution >= 4 is 16.1 Å². The summed E-state index contributed by atoms with van der Waals surface area (Å²) in [6, 6.07) is 5.47. The van der Waals surface area contributed by atoms with Gasteiger partial charge in [-0.3, -0.25) is 4.98 Å². The summed E-state index contributed by atoms with van der Waals surface area (Å²) in [5, 5.41) is 2.90. The third kappa shape index (κ3) is 6.15. The van der Waals surface area contributed by atoms with Crippen molar-refractivity contribution < 1.29 is 13.2 Å². The van der Waals surface area contributed by atoms with E-state index in [-0.39, 0.29) is 18.6 Å². The van der Waals surface area contributed by atoms with E-state index < -0.39 is 10.0 Å². The van der Waals surface area contributed by atoms with Gasteiger partial charge in [-0.2, -0.15) is 0 Å². The van der Waals surface area contributed by atoms with Gasteiger partial charge in [-0.05, 0) is 31.4 Å². The molecule has 1 saturated heterocycles. The third-order valence-electron chi connectivity index (χ3n) is 3.85. The number of carbonyl (C=O) groups excluding carboxylic acids is 1. The van der Waals surface area contributed by atoms with E-state index in [2.05, 4.69) is 15.0 Å². The number of hydrogen-bond donors (Lipinski definition) is 2. The van der Waals surface area contributed by atoms with Gasteiger partial charge < -0.3 is 10.2 Å². The molecule has 1 aromatic rings. The molecule has 0 bridgehead atoms. The summed E-state index contributed by atoms with van der Waals surface area (Å²) < 4.78 is 25.0. The van der Waals surface area contributed by atoms with Gasteiger partial charge in [-0.15, -0.1) is 0 Å². The molecule has 1 fully saturated rings. The molecule has 2 amide bonds. The number of rotatable bonds is 6. The lowest BCUT2D eigenvalue weighted by Crippen LogP contribution is -2.52. The van der Waals surface area contributed by atoms with E-state index in [0.29, 0.717) is 19.5 Å². The lowest BCUT2D eigenvalue weighted by atomic mass is 10.0. The third-order valence-corrected chi connectivity index (χ3v) is 4.54. The van der Waals surface area contributed by atoms with Gasteiger partial charge >= 0.3 is 6.03 Å². The average molecular weight is 340 g/mol. The minimum atomic E-state index is -3.24. The normalized spacial score (nSPS) is 18.7. The number of sulfonamides is 1. The first kappa shape index (κ1) is 17.7. The highest BCUT2D eigenvalue weighted by Crippen LogP contribution is 2.16. The van der Waals surface area contributed by atoms with Crippen molar-refractivity contribution in [1.29, 1.82) is 0 Å². The fourth-order valence-electron chi connectivity index (χ4n) is 2.67. The van der Waals surface area contributed by atoms with Crippen LogP contribution in [0.3, 0.4) is 0 Å². The Morgan fingerprint density at radius 2 is 2.22 bits per heavy atom. The van der Waals surface area contributed by atoms with Gasteiger partial charge in [0.05, 0.1) is 6.26 Å². The van der Waals surface area contributed by atoms with E-state index >= 15 is 0 Å². The maximum Gasteiger partial charge on any atom is 0.317 e. The number of piperidine rings is 1. The Balaban J connectivity index is 1.82. The van der Waals surface area contributed by atoms with Crippen molar-refractivity contribution in [3.8, 4) is 0 Å². The summed E-state index contributed by atoms with van der Waals surface area (Å²) in [5.41, 5.74) is 0.932. The van der Waals surface area contributed by atoms with Crippen molar-refractivity contribution in [3.05, 3.63) is 30.1 Å². The van der Waals surface area contributed by atoms with Crippen LogP contribution in [0.25, 0.3) is 0 Å². The first-order valence-corrected chi connectivity index (χ1v) is 9.74. The van der Waals surface area contributed by atoms with E-state index in [4.69, 9.17) is 0 Å². The second-order valence-electron chi connectivity index (χ2n) is 5.77. The van der Waals surface area contributed by atoms with Crippen molar-refractivity contribution in [3.63, 3.8) is 0 Å². The van der Waals surface area contributed by atoms with Crippen molar-refractivity contribution in [1.82, 2.24) is 19.9 Å². The van der Waals surface area contributed by atoms with Crippen LogP contribution in [0.2, 0.25) is 0 Å². The second-order valence-corrected chi connectivity index (χ2v) is 7.60. The standard InChI is InChI=1S/C15H24N4O3S/c1-23(21,22)18-12-14-7-3-5-11-19(14)15(20)17-10-8-13-6-2-4-9-16-13/h2,4,6,9,14,18H,3,5,7-8,10-12H2,1H3,(H,17,20)/t14-/m1/s1. The first-order valence-electron chi connectivity index (χ1n) is 7.85. The zero-order valence-corrected chi connectivity index (χ0v) is 14.2. The van der Waals surface area contributed by atoms with Gasteiger partial charge in [0, 0.05) is 44.0 Å². The molecule has 7 nitrogen and oxygen atoms in total. The smallest absolute Gasteiger partial charge is 0.317 e. The van der Waals surface area contributed by atoms with Crippen LogP contribution in [0.15, 0.2) is 24.4 Å². The molecule has 23 heavy (non-hydrogen) atoms. The Labute approximate surface area is 137 Å². The molecule has 0 aromatic carbocycles. The fourth-order valence-corrected chi connectivity index (χ4v) is 3.17. The molecule has 1 aliphatic rings.